The highest BCUT2D eigenvalue weighted by molar-refractivity contribution is 9.10. The SMILES string of the molecule is Fc1ccc(NCc2ccc3cnccc3c2)cc1Br. The van der Waals surface area contributed by atoms with Crippen LogP contribution >= 0.6 is 15.9 Å². The van der Waals surface area contributed by atoms with E-state index >= 15 is 0 Å². The normalized spacial score (nSPS) is 10.7. The molecule has 2 aromatic carbocycles. The van der Waals surface area contributed by atoms with Crippen molar-refractivity contribution in [2.24, 2.45) is 0 Å². The quantitative estimate of drug-likeness (QED) is 0.749. The van der Waals surface area contributed by atoms with Gasteiger partial charge < -0.3 is 5.32 Å². The third kappa shape index (κ3) is 2.80. The van der Waals surface area contributed by atoms with Crippen LogP contribution in [0.4, 0.5) is 10.1 Å². The fraction of sp³-hybridized carbons (Fsp3) is 0.0625. The number of fused-ring (bicyclic) bond motifs is 1. The van der Waals surface area contributed by atoms with Gasteiger partial charge in [-0.05, 0) is 57.2 Å². The van der Waals surface area contributed by atoms with Gasteiger partial charge >= 0.3 is 0 Å². The van der Waals surface area contributed by atoms with E-state index in [0.717, 1.165) is 11.1 Å². The highest BCUT2D eigenvalue weighted by atomic mass is 79.9. The minimum atomic E-state index is -0.256. The molecule has 20 heavy (non-hydrogen) atoms. The highest BCUT2D eigenvalue weighted by Crippen LogP contribution is 2.21. The van der Waals surface area contributed by atoms with Gasteiger partial charge in [-0.15, -0.1) is 0 Å². The molecule has 4 heteroatoms. The molecule has 0 bridgehead atoms. The molecule has 1 aromatic heterocycles. The first-order valence-electron chi connectivity index (χ1n) is 6.24. The van der Waals surface area contributed by atoms with Crippen LogP contribution in [0.1, 0.15) is 5.56 Å². The van der Waals surface area contributed by atoms with Crippen molar-refractivity contribution in [3.63, 3.8) is 0 Å². The van der Waals surface area contributed by atoms with Gasteiger partial charge in [-0.1, -0.05) is 12.1 Å². The zero-order valence-electron chi connectivity index (χ0n) is 10.6. The maximum Gasteiger partial charge on any atom is 0.137 e. The van der Waals surface area contributed by atoms with Crippen LogP contribution in [0, 0.1) is 5.82 Å². The van der Waals surface area contributed by atoms with E-state index in [-0.39, 0.29) is 5.82 Å². The van der Waals surface area contributed by atoms with Gasteiger partial charge in [-0.2, -0.15) is 0 Å². The largest absolute Gasteiger partial charge is 0.381 e. The van der Waals surface area contributed by atoms with E-state index in [1.807, 2.05) is 12.3 Å². The molecule has 0 aliphatic carbocycles. The van der Waals surface area contributed by atoms with Gasteiger partial charge in [0.05, 0.1) is 4.47 Å². The number of hydrogen-bond acceptors (Lipinski definition) is 2. The third-order valence-corrected chi connectivity index (χ3v) is 3.73. The smallest absolute Gasteiger partial charge is 0.137 e. The minimum Gasteiger partial charge on any atom is -0.381 e. The molecule has 0 unspecified atom stereocenters. The Bertz CT molecular complexity index is 758. The fourth-order valence-corrected chi connectivity index (χ4v) is 2.43. The first-order valence-corrected chi connectivity index (χ1v) is 7.03. The van der Waals surface area contributed by atoms with E-state index < -0.39 is 0 Å². The lowest BCUT2D eigenvalue weighted by molar-refractivity contribution is 0.621. The summed E-state index contributed by atoms with van der Waals surface area (Å²) in [6, 6.07) is 13.1. The van der Waals surface area contributed by atoms with Crippen molar-refractivity contribution in [3.8, 4) is 0 Å². The van der Waals surface area contributed by atoms with Crippen LogP contribution in [0.15, 0.2) is 59.3 Å². The predicted molar refractivity (Wildman–Crippen MR) is 83.2 cm³/mol. The molecule has 1 heterocycles. The number of halogens is 2. The molecule has 100 valence electrons. The number of nitrogens with one attached hydrogen (secondary N) is 1. The number of benzene rings is 2. The van der Waals surface area contributed by atoms with Gasteiger partial charge in [-0.25, -0.2) is 4.39 Å². The second kappa shape index (κ2) is 5.59. The summed E-state index contributed by atoms with van der Waals surface area (Å²) >= 11 is 3.18. The van der Waals surface area contributed by atoms with E-state index in [1.165, 1.54) is 17.0 Å². The van der Waals surface area contributed by atoms with Crippen molar-refractivity contribution in [1.29, 1.82) is 0 Å². The molecule has 0 saturated heterocycles. The van der Waals surface area contributed by atoms with E-state index in [0.29, 0.717) is 11.0 Å². The Morgan fingerprint density at radius 3 is 2.80 bits per heavy atom. The molecular formula is C16H12BrFN2. The van der Waals surface area contributed by atoms with Crippen LogP contribution in [0.3, 0.4) is 0 Å². The molecule has 1 N–H and O–H groups in total. The Balaban J connectivity index is 1.77. The highest BCUT2D eigenvalue weighted by Gasteiger charge is 2.01. The average molecular weight is 331 g/mol. The van der Waals surface area contributed by atoms with Gasteiger partial charge in [0, 0.05) is 30.0 Å². The van der Waals surface area contributed by atoms with Crippen LogP contribution in [-0.4, -0.2) is 4.98 Å². The average Bonchev–Trinajstić information content (AvgIpc) is 2.48. The van der Waals surface area contributed by atoms with Crippen LogP contribution in [-0.2, 0) is 6.54 Å². The summed E-state index contributed by atoms with van der Waals surface area (Å²) in [5, 5.41) is 5.57. The summed E-state index contributed by atoms with van der Waals surface area (Å²) in [5.41, 5.74) is 2.05. The lowest BCUT2D eigenvalue weighted by Crippen LogP contribution is -1.99. The summed E-state index contributed by atoms with van der Waals surface area (Å²) in [7, 11) is 0. The van der Waals surface area contributed by atoms with Gasteiger partial charge in [0.1, 0.15) is 5.82 Å². The second-order valence-electron chi connectivity index (χ2n) is 4.54. The molecule has 3 aromatic rings. The topological polar surface area (TPSA) is 24.9 Å². The second-order valence-corrected chi connectivity index (χ2v) is 5.39. The Hall–Kier alpha value is -1.94. The predicted octanol–water partition coefficient (Wildman–Crippen LogP) is 4.75. The summed E-state index contributed by atoms with van der Waals surface area (Å²) in [5.74, 6) is -0.256. The van der Waals surface area contributed by atoms with Crippen molar-refractivity contribution < 1.29 is 4.39 Å². The van der Waals surface area contributed by atoms with Crippen molar-refractivity contribution in [2.75, 3.05) is 5.32 Å². The zero-order chi connectivity index (χ0) is 13.9. The number of rotatable bonds is 3. The van der Waals surface area contributed by atoms with Crippen LogP contribution < -0.4 is 5.32 Å². The van der Waals surface area contributed by atoms with Crippen LogP contribution in [0.25, 0.3) is 10.8 Å². The number of anilines is 1. The maximum atomic E-state index is 13.2. The minimum absolute atomic E-state index is 0.256. The van der Waals surface area contributed by atoms with Gasteiger partial charge in [0.25, 0.3) is 0 Å². The lowest BCUT2D eigenvalue weighted by atomic mass is 10.1. The molecule has 3 rings (SSSR count). The van der Waals surface area contributed by atoms with Crippen molar-refractivity contribution >= 4 is 32.4 Å². The molecule has 0 aliphatic rings. The molecule has 0 aliphatic heterocycles. The number of nitrogens with zero attached hydrogens (tertiary/aromatic N) is 1. The molecule has 0 atom stereocenters. The molecule has 0 fully saturated rings. The first kappa shape index (κ1) is 13.1. The van der Waals surface area contributed by atoms with Crippen molar-refractivity contribution in [1.82, 2.24) is 4.98 Å². The lowest BCUT2D eigenvalue weighted by Gasteiger charge is -2.08. The van der Waals surface area contributed by atoms with Gasteiger partial charge in [0.15, 0.2) is 0 Å². The van der Waals surface area contributed by atoms with E-state index in [4.69, 9.17) is 0 Å². The summed E-state index contributed by atoms with van der Waals surface area (Å²) < 4.78 is 13.6. The standard InChI is InChI=1S/C16H12BrFN2/c17-15-8-14(3-4-16(15)18)20-9-11-1-2-13-10-19-6-5-12(13)7-11/h1-8,10,20H,9H2. The Kier molecular flexibility index (Phi) is 3.65. The van der Waals surface area contributed by atoms with Crippen LogP contribution in [0.2, 0.25) is 0 Å². The summed E-state index contributed by atoms with van der Waals surface area (Å²) in [6.45, 7) is 0.691. The molecule has 0 radical (unpaired) electrons. The van der Waals surface area contributed by atoms with Gasteiger partial charge in [-0.3, -0.25) is 4.98 Å². The monoisotopic (exact) mass is 330 g/mol. The molecule has 0 saturated carbocycles. The molecule has 2 nitrogen and oxygen atoms in total. The molecule has 0 amide bonds. The van der Waals surface area contributed by atoms with Gasteiger partial charge in [0.2, 0.25) is 0 Å². The third-order valence-electron chi connectivity index (χ3n) is 3.12. The van der Waals surface area contributed by atoms with Crippen LogP contribution in [0.5, 0.6) is 0 Å². The Labute approximate surface area is 124 Å². The molecule has 0 spiro atoms. The maximum absolute atomic E-state index is 13.2. The number of aromatic nitrogens is 1. The van der Waals surface area contributed by atoms with Crippen molar-refractivity contribution in [3.05, 3.63) is 70.7 Å². The molecular weight excluding hydrogens is 319 g/mol. The fourth-order valence-electron chi connectivity index (χ4n) is 2.05. The number of pyridine rings is 1. The summed E-state index contributed by atoms with van der Waals surface area (Å²) in [4.78, 5) is 4.10. The first-order chi connectivity index (χ1) is 9.72. The van der Waals surface area contributed by atoms with Crippen molar-refractivity contribution in [2.45, 2.75) is 6.54 Å². The zero-order valence-corrected chi connectivity index (χ0v) is 12.2. The summed E-state index contributed by atoms with van der Waals surface area (Å²) in [6.07, 6.45) is 3.64. The Morgan fingerprint density at radius 2 is 1.95 bits per heavy atom. The number of hydrogen-bond donors (Lipinski definition) is 1. The van der Waals surface area contributed by atoms with E-state index in [1.54, 1.807) is 18.3 Å². The van der Waals surface area contributed by atoms with E-state index in [9.17, 15) is 4.39 Å². The Morgan fingerprint density at radius 1 is 1.05 bits per heavy atom. The van der Waals surface area contributed by atoms with E-state index in [2.05, 4.69) is 44.4 Å².